The minimum atomic E-state index is -0.549. The third kappa shape index (κ3) is 4.62. The monoisotopic (exact) mass is 418 g/mol. The zero-order chi connectivity index (χ0) is 21.0. The largest absolute Gasteiger partial charge is 0.497 e. The highest BCUT2D eigenvalue weighted by Gasteiger charge is 2.14. The predicted octanol–water partition coefficient (Wildman–Crippen LogP) is 3.16. The molecule has 0 saturated heterocycles. The van der Waals surface area contributed by atoms with Crippen LogP contribution in [0, 0.1) is 5.82 Å². The summed E-state index contributed by atoms with van der Waals surface area (Å²) in [6.45, 7) is 1.78. The van der Waals surface area contributed by atoms with Gasteiger partial charge in [-0.25, -0.2) is 4.39 Å². The minimum absolute atomic E-state index is 0.146. The third-order valence-electron chi connectivity index (χ3n) is 4.03. The Bertz CT molecular complexity index is 1110. The molecule has 0 atom stereocenters. The minimum Gasteiger partial charge on any atom is -0.497 e. The van der Waals surface area contributed by atoms with Gasteiger partial charge in [-0.1, -0.05) is 11.3 Å². The van der Waals surface area contributed by atoms with Crippen molar-refractivity contribution in [3.05, 3.63) is 52.6 Å². The van der Waals surface area contributed by atoms with Crippen LogP contribution in [-0.2, 0) is 16.1 Å². The average Bonchev–Trinajstić information content (AvgIpc) is 3.03. The number of nitrogens with zero attached hydrogens (tertiary/aromatic N) is 2. The van der Waals surface area contributed by atoms with Gasteiger partial charge in [-0.2, -0.15) is 4.99 Å². The summed E-state index contributed by atoms with van der Waals surface area (Å²) in [5.41, 5.74) is 0.840. The first-order chi connectivity index (χ1) is 13.9. The Kier molecular flexibility index (Phi) is 6.28. The van der Waals surface area contributed by atoms with E-state index < -0.39 is 17.7 Å². The molecule has 0 bridgehead atoms. The van der Waals surface area contributed by atoms with Crippen molar-refractivity contribution in [1.29, 1.82) is 0 Å². The van der Waals surface area contributed by atoms with Gasteiger partial charge in [-0.15, -0.1) is 0 Å². The maximum absolute atomic E-state index is 13.6. The molecule has 0 aliphatic carbocycles. The van der Waals surface area contributed by atoms with E-state index in [2.05, 4.69) is 4.99 Å². The lowest BCUT2D eigenvalue weighted by Crippen LogP contribution is -2.23. The Balaban J connectivity index is 2.11. The normalized spacial score (nSPS) is 11.5. The van der Waals surface area contributed by atoms with E-state index in [-0.39, 0.29) is 23.5 Å². The maximum Gasteiger partial charge on any atom is 0.326 e. The number of esters is 1. The predicted molar refractivity (Wildman–Crippen MR) is 106 cm³/mol. The number of aromatic nitrogens is 1. The lowest BCUT2D eigenvalue weighted by atomic mass is 10.2. The van der Waals surface area contributed by atoms with Gasteiger partial charge in [0.25, 0.3) is 5.91 Å². The molecule has 0 aliphatic heterocycles. The number of benzene rings is 2. The Morgan fingerprint density at radius 2 is 1.79 bits per heavy atom. The molecule has 29 heavy (non-hydrogen) atoms. The van der Waals surface area contributed by atoms with Gasteiger partial charge in [-0.05, 0) is 37.3 Å². The van der Waals surface area contributed by atoms with Crippen molar-refractivity contribution in [2.24, 2.45) is 4.99 Å². The van der Waals surface area contributed by atoms with E-state index in [0.29, 0.717) is 21.7 Å². The molecular weight excluding hydrogens is 399 g/mol. The second-order valence-corrected chi connectivity index (χ2v) is 6.92. The lowest BCUT2D eigenvalue weighted by molar-refractivity contribution is -0.143. The average molecular weight is 418 g/mol. The van der Waals surface area contributed by atoms with Crippen LogP contribution in [0.1, 0.15) is 17.3 Å². The number of fused-ring (bicyclic) bond motifs is 1. The number of methoxy groups -OCH3 is 2. The lowest BCUT2D eigenvalue weighted by Gasteiger charge is -2.06. The Labute approximate surface area is 170 Å². The van der Waals surface area contributed by atoms with E-state index in [4.69, 9.17) is 14.2 Å². The number of halogens is 1. The summed E-state index contributed by atoms with van der Waals surface area (Å²) >= 11 is 1.11. The zero-order valence-electron chi connectivity index (χ0n) is 16.1. The van der Waals surface area contributed by atoms with E-state index >= 15 is 0 Å². The van der Waals surface area contributed by atoms with E-state index in [1.807, 2.05) is 0 Å². The number of rotatable bonds is 6. The van der Waals surface area contributed by atoms with Crippen LogP contribution in [0.2, 0.25) is 0 Å². The molecular formula is C20H19FN2O5S. The smallest absolute Gasteiger partial charge is 0.326 e. The number of hydrogen-bond acceptors (Lipinski definition) is 6. The van der Waals surface area contributed by atoms with Crippen molar-refractivity contribution in [1.82, 2.24) is 4.57 Å². The van der Waals surface area contributed by atoms with Gasteiger partial charge in [0.15, 0.2) is 4.80 Å². The van der Waals surface area contributed by atoms with Crippen LogP contribution in [0.25, 0.3) is 10.2 Å². The fraction of sp³-hybridized carbons (Fsp3) is 0.250. The van der Waals surface area contributed by atoms with Crippen LogP contribution in [0.3, 0.4) is 0 Å². The first kappa shape index (κ1) is 20.5. The standard InChI is InChI=1S/C20H19FN2O5S/c1-4-28-18(24)11-23-16-6-5-13(21)9-17(16)29-20(23)22-19(25)12-7-14(26-2)10-15(8-12)27-3/h5-10H,4,11H2,1-3H3. The molecule has 1 amide bonds. The third-order valence-corrected chi connectivity index (χ3v) is 5.07. The highest BCUT2D eigenvalue weighted by atomic mass is 32.1. The summed E-state index contributed by atoms with van der Waals surface area (Å²) in [7, 11) is 2.96. The van der Waals surface area contributed by atoms with E-state index in [1.165, 1.54) is 43.1 Å². The van der Waals surface area contributed by atoms with Crippen LogP contribution in [0.15, 0.2) is 41.4 Å². The topological polar surface area (TPSA) is 79.1 Å². The molecule has 0 radical (unpaired) electrons. The van der Waals surface area contributed by atoms with Crippen LogP contribution in [0.5, 0.6) is 11.5 Å². The van der Waals surface area contributed by atoms with Crippen LogP contribution in [-0.4, -0.2) is 37.3 Å². The molecule has 0 aliphatic rings. The number of thiazole rings is 1. The molecule has 1 aromatic heterocycles. The second-order valence-electron chi connectivity index (χ2n) is 5.91. The quantitative estimate of drug-likeness (QED) is 0.575. The van der Waals surface area contributed by atoms with Crippen molar-refractivity contribution in [3.63, 3.8) is 0 Å². The molecule has 0 N–H and O–H groups in total. The molecule has 3 aromatic rings. The number of carbonyl (C=O) groups excluding carboxylic acids is 2. The first-order valence-electron chi connectivity index (χ1n) is 8.71. The maximum atomic E-state index is 13.6. The van der Waals surface area contributed by atoms with Crippen LogP contribution in [0.4, 0.5) is 4.39 Å². The summed E-state index contributed by atoms with van der Waals surface area (Å²) in [6.07, 6.45) is 0. The first-order valence-corrected chi connectivity index (χ1v) is 9.53. The molecule has 0 spiro atoms. The van der Waals surface area contributed by atoms with E-state index in [9.17, 15) is 14.0 Å². The number of carbonyl (C=O) groups is 2. The Morgan fingerprint density at radius 1 is 1.10 bits per heavy atom. The molecule has 0 saturated carbocycles. The van der Waals surface area contributed by atoms with E-state index in [1.54, 1.807) is 19.1 Å². The van der Waals surface area contributed by atoms with Gasteiger partial charge in [0.1, 0.15) is 23.9 Å². The molecule has 1 heterocycles. The van der Waals surface area contributed by atoms with Crippen LogP contribution < -0.4 is 14.3 Å². The summed E-state index contributed by atoms with van der Waals surface area (Å²) < 4.78 is 31.1. The highest BCUT2D eigenvalue weighted by molar-refractivity contribution is 7.16. The van der Waals surface area contributed by atoms with Crippen molar-refractivity contribution in [2.45, 2.75) is 13.5 Å². The van der Waals surface area contributed by atoms with Crippen molar-refractivity contribution >= 4 is 33.4 Å². The second kappa shape index (κ2) is 8.87. The SMILES string of the molecule is CCOC(=O)Cn1c(=NC(=O)c2cc(OC)cc(OC)c2)sc2cc(F)ccc21. The van der Waals surface area contributed by atoms with Gasteiger partial charge < -0.3 is 18.8 Å². The summed E-state index contributed by atoms with van der Waals surface area (Å²) in [4.78, 5) is 29.2. The van der Waals surface area contributed by atoms with Gasteiger partial charge in [-0.3, -0.25) is 9.59 Å². The molecule has 152 valence electrons. The fourth-order valence-electron chi connectivity index (χ4n) is 2.70. The molecule has 0 fully saturated rings. The fourth-order valence-corrected chi connectivity index (χ4v) is 3.76. The van der Waals surface area contributed by atoms with Gasteiger partial charge in [0.05, 0.1) is 31.0 Å². The molecule has 7 nitrogen and oxygen atoms in total. The summed E-state index contributed by atoms with van der Waals surface area (Å²) in [6, 6.07) is 8.88. The molecule has 0 unspecified atom stereocenters. The zero-order valence-corrected chi connectivity index (χ0v) is 16.9. The molecule has 2 aromatic carbocycles. The summed E-state index contributed by atoms with van der Waals surface area (Å²) in [5, 5.41) is 0. The molecule has 9 heteroatoms. The van der Waals surface area contributed by atoms with Crippen molar-refractivity contribution in [2.75, 3.05) is 20.8 Å². The van der Waals surface area contributed by atoms with Gasteiger partial charge in [0.2, 0.25) is 0 Å². The molecule has 3 rings (SSSR count). The van der Waals surface area contributed by atoms with Crippen LogP contribution >= 0.6 is 11.3 Å². The highest BCUT2D eigenvalue weighted by Crippen LogP contribution is 2.23. The van der Waals surface area contributed by atoms with Crippen molar-refractivity contribution in [3.8, 4) is 11.5 Å². The number of amides is 1. The Morgan fingerprint density at radius 3 is 2.41 bits per heavy atom. The van der Waals surface area contributed by atoms with E-state index in [0.717, 1.165) is 11.3 Å². The van der Waals surface area contributed by atoms with Gasteiger partial charge in [0, 0.05) is 11.6 Å². The van der Waals surface area contributed by atoms with Crippen molar-refractivity contribution < 1.29 is 28.2 Å². The number of ether oxygens (including phenoxy) is 3. The van der Waals surface area contributed by atoms with Gasteiger partial charge >= 0.3 is 5.97 Å². The summed E-state index contributed by atoms with van der Waals surface area (Å²) in [5.74, 6) is -0.556. The Hall–Kier alpha value is -3.20. The number of hydrogen-bond donors (Lipinski definition) is 0.